The summed E-state index contributed by atoms with van der Waals surface area (Å²) in [4.78, 5) is 0. The van der Waals surface area contributed by atoms with Crippen LogP contribution in [0.4, 0.5) is 0 Å². The van der Waals surface area contributed by atoms with Crippen molar-refractivity contribution in [2.45, 2.75) is 11.8 Å². The van der Waals surface area contributed by atoms with Gasteiger partial charge in [-0.05, 0) is 17.2 Å². The van der Waals surface area contributed by atoms with E-state index in [2.05, 4.69) is 84.4 Å². The molecular weight excluding hydrogens is 266 g/mol. The SMILES string of the molecule is Cn1c2c(c3ccccc31)-c1ccccc1C1C=CC=CC21. The predicted molar refractivity (Wildman–Crippen MR) is 92.1 cm³/mol. The highest BCUT2D eigenvalue weighted by Crippen LogP contribution is 2.52. The van der Waals surface area contributed by atoms with Crippen LogP contribution < -0.4 is 0 Å². The number of rotatable bonds is 0. The van der Waals surface area contributed by atoms with Gasteiger partial charge in [0.05, 0.1) is 0 Å². The van der Waals surface area contributed by atoms with E-state index in [4.69, 9.17) is 0 Å². The molecule has 0 saturated heterocycles. The van der Waals surface area contributed by atoms with E-state index < -0.39 is 0 Å². The lowest BCUT2D eigenvalue weighted by atomic mass is 9.72. The Morgan fingerprint density at radius 2 is 1.55 bits per heavy atom. The molecule has 1 heteroatoms. The van der Waals surface area contributed by atoms with Gasteiger partial charge in [0, 0.05) is 41.0 Å². The van der Waals surface area contributed by atoms with Gasteiger partial charge >= 0.3 is 0 Å². The molecule has 0 fully saturated rings. The summed E-state index contributed by atoms with van der Waals surface area (Å²) in [6, 6.07) is 17.7. The molecule has 2 aliphatic carbocycles. The third-order valence-electron chi connectivity index (χ3n) is 5.19. The van der Waals surface area contributed by atoms with Crippen molar-refractivity contribution in [3.8, 4) is 11.1 Å². The molecule has 1 heterocycles. The summed E-state index contributed by atoms with van der Waals surface area (Å²) in [6.07, 6.45) is 9.09. The van der Waals surface area contributed by atoms with E-state index in [1.807, 2.05) is 0 Å². The van der Waals surface area contributed by atoms with Crippen molar-refractivity contribution in [3.63, 3.8) is 0 Å². The summed E-state index contributed by atoms with van der Waals surface area (Å²) in [5.41, 5.74) is 7.05. The van der Waals surface area contributed by atoms with Gasteiger partial charge < -0.3 is 4.57 Å². The molecule has 5 rings (SSSR count). The zero-order valence-electron chi connectivity index (χ0n) is 12.5. The first-order chi connectivity index (χ1) is 10.9. The fourth-order valence-corrected chi connectivity index (χ4v) is 4.27. The van der Waals surface area contributed by atoms with Crippen LogP contribution in [0.3, 0.4) is 0 Å². The summed E-state index contributed by atoms with van der Waals surface area (Å²) in [6.45, 7) is 0. The fraction of sp³-hybridized carbons (Fsp3) is 0.143. The molecule has 22 heavy (non-hydrogen) atoms. The van der Waals surface area contributed by atoms with Gasteiger partial charge in [-0.3, -0.25) is 0 Å². The zero-order chi connectivity index (χ0) is 14.7. The predicted octanol–water partition coefficient (Wildman–Crippen LogP) is 5.15. The van der Waals surface area contributed by atoms with Gasteiger partial charge in [-0.25, -0.2) is 0 Å². The van der Waals surface area contributed by atoms with Gasteiger partial charge in [0.1, 0.15) is 0 Å². The molecule has 3 aromatic rings. The largest absolute Gasteiger partial charge is 0.346 e. The van der Waals surface area contributed by atoms with Crippen molar-refractivity contribution in [3.05, 3.63) is 84.1 Å². The number of nitrogens with zero attached hydrogens (tertiary/aromatic N) is 1. The molecule has 1 aromatic heterocycles. The minimum Gasteiger partial charge on any atom is -0.346 e. The van der Waals surface area contributed by atoms with E-state index in [-0.39, 0.29) is 0 Å². The van der Waals surface area contributed by atoms with Crippen molar-refractivity contribution < 1.29 is 0 Å². The van der Waals surface area contributed by atoms with Crippen LogP contribution >= 0.6 is 0 Å². The number of aryl methyl sites for hydroxylation is 1. The smallest absolute Gasteiger partial charge is 0.0486 e. The summed E-state index contributed by atoms with van der Waals surface area (Å²) in [7, 11) is 2.21. The highest BCUT2D eigenvalue weighted by atomic mass is 15.0. The fourth-order valence-electron chi connectivity index (χ4n) is 4.27. The van der Waals surface area contributed by atoms with Crippen molar-refractivity contribution >= 4 is 10.9 Å². The highest BCUT2D eigenvalue weighted by molar-refractivity contribution is 6.00. The maximum absolute atomic E-state index is 2.39. The van der Waals surface area contributed by atoms with E-state index in [1.165, 1.54) is 33.3 Å². The van der Waals surface area contributed by atoms with Crippen LogP contribution in [0.15, 0.2) is 72.8 Å². The van der Waals surface area contributed by atoms with E-state index in [0.717, 1.165) is 0 Å². The maximum Gasteiger partial charge on any atom is 0.0486 e. The zero-order valence-corrected chi connectivity index (χ0v) is 12.5. The maximum atomic E-state index is 2.39. The molecule has 0 saturated carbocycles. The van der Waals surface area contributed by atoms with E-state index in [9.17, 15) is 0 Å². The molecule has 0 aliphatic heterocycles. The number of hydrogen-bond acceptors (Lipinski definition) is 0. The van der Waals surface area contributed by atoms with E-state index >= 15 is 0 Å². The molecule has 2 aliphatic rings. The summed E-state index contributed by atoms with van der Waals surface area (Å²) in [5, 5.41) is 1.37. The average molecular weight is 283 g/mol. The number of benzene rings is 2. The molecule has 106 valence electrons. The van der Waals surface area contributed by atoms with Crippen molar-refractivity contribution in [1.29, 1.82) is 0 Å². The number of aromatic nitrogens is 1. The molecule has 2 aromatic carbocycles. The first kappa shape index (κ1) is 12.0. The normalized spacial score (nSPS) is 21.5. The van der Waals surface area contributed by atoms with Crippen LogP contribution in [0, 0.1) is 0 Å². The molecule has 0 N–H and O–H groups in total. The van der Waals surface area contributed by atoms with Gasteiger partial charge in [-0.1, -0.05) is 66.8 Å². The first-order valence-electron chi connectivity index (χ1n) is 7.88. The first-order valence-corrected chi connectivity index (χ1v) is 7.88. The van der Waals surface area contributed by atoms with Crippen LogP contribution in [0.25, 0.3) is 22.0 Å². The van der Waals surface area contributed by atoms with Crippen molar-refractivity contribution in [2.24, 2.45) is 7.05 Å². The highest BCUT2D eigenvalue weighted by Gasteiger charge is 2.35. The Hall–Kier alpha value is -2.54. The number of para-hydroxylation sites is 1. The summed E-state index contributed by atoms with van der Waals surface area (Å²) in [5.74, 6) is 0.893. The summed E-state index contributed by atoms with van der Waals surface area (Å²) < 4.78 is 2.39. The Morgan fingerprint density at radius 3 is 2.45 bits per heavy atom. The number of hydrogen-bond donors (Lipinski definition) is 0. The molecule has 1 nitrogen and oxygen atoms in total. The van der Waals surface area contributed by atoms with Crippen LogP contribution in [0.1, 0.15) is 23.1 Å². The van der Waals surface area contributed by atoms with Gasteiger partial charge in [-0.15, -0.1) is 0 Å². The topological polar surface area (TPSA) is 4.93 Å². The minimum absolute atomic E-state index is 0.437. The second-order valence-electron chi connectivity index (χ2n) is 6.25. The Bertz CT molecular complexity index is 955. The monoisotopic (exact) mass is 283 g/mol. The van der Waals surface area contributed by atoms with Gasteiger partial charge in [0.15, 0.2) is 0 Å². The van der Waals surface area contributed by atoms with Crippen molar-refractivity contribution in [1.82, 2.24) is 4.57 Å². The number of allylic oxidation sites excluding steroid dienone is 4. The van der Waals surface area contributed by atoms with E-state index in [1.54, 1.807) is 0 Å². The lowest BCUT2D eigenvalue weighted by Gasteiger charge is -2.33. The van der Waals surface area contributed by atoms with Gasteiger partial charge in [-0.2, -0.15) is 0 Å². The lowest BCUT2D eigenvalue weighted by molar-refractivity contribution is 0.668. The molecule has 0 amide bonds. The third kappa shape index (κ3) is 1.38. The van der Waals surface area contributed by atoms with Crippen LogP contribution in [0.5, 0.6) is 0 Å². The van der Waals surface area contributed by atoms with Crippen LogP contribution in [0.2, 0.25) is 0 Å². The molecule has 2 unspecified atom stereocenters. The second-order valence-corrected chi connectivity index (χ2v) is 6.25. The summed E-state index contributed by atoms with van der Waals surface area (Å²) >= 11 is 0. The Kier molecular flexibility index (Phi) is 2.32. The molecule has 0 bridgehead atoms. The quantitative estimate of drug-likeness (QED) is 0.537. The van der Waals surface area contributed by atoms with Crippen LogP contribution in [-0.4, -0.2) is 4.57 Å². The van der Waals surface area contributed by atoms with Crippen molar-refractivity contribution in [2.75, 3.05) is 0 Å². The molecule has 2 atom stereocenters. The third-order valence-corrected chi connectivity index (χ3v) is 5.19. The molecular formula is C21H17N. The van der Waals surface area contributed by atoms with Gasteiger partial charge in [0.2, 0.25) is 0 Å². The number of fused-ring (bicyclic) bond motifs is 8. The standard InChI is InChI=1S/C21H17N/c1-22-19-13-7-6-12-18(19)20-16-10-4-2-8-14(16)15-9-3-5-11-17(15)21(20)22/h2-13,15,17H,1H3. The molecule has 0 spiro atoms. The Morgan fingerprint density at radius 1 is 0.818 bits per heavy atom. The Balaban J connectivity index is 1.97. The molecule has 0 radical (unpaired) electrons. The van der Waals surface area contributed by atoms with Crippen LogP contribution in [-0.2, 0) is 7.05 Å². The second kappa shape index (κ2) is 4.23. The Labute approximate surface area is 130 Å². The minimum atomic E-state index is 0.437. The lowest BCUT2D eigenvalue weighted by Crippen LogP contribution is -2.18. The average Bonchev–Trinajstić information content (AvgIpc) is 2.89. The van der Waals surface area contributed by atoms with Gasteiger partial charge in [0.25, 0.3) is 0 Å². The van der Waals surface area contributed by atoms with E-state index in [0.29, 0.717) is 11.8 Å².